The molecule has 90 valence electrons. The molecule has 7 nitrogen and oxygen atoms in total. The fourth-order valence-corrected chi connectivity index (χ4v) is 3.07. The van der Waals surface area contributed by atoms with Crippen LogP contribution in [0.4, 0.5) is 5.82 Å². The number of aromatic amines is 1. The lowest BCUT2D eigenvalue weighted by molar-refractivity contribution is 0.148. The highest BCUT2D eigenvalue weighted by Crippen LogP contribution is 2.20. The zero-order chi connectivity index (χ0) is 11.6. The van der Waals surface area contributed by atoms with E-state index in [1.165, 1.54) is 10.5 Å². The summed E-state index contributed by atoms with van der Waals surface area (Å²) in [7, 11) is -3.54. The first-order valence-electron chi connectivity index (χ1n) is 4.99. The lowest BCUT2D eigenvalue weighted by atomic mass is 10.5. The fourth-order valence-electron chi connectivity index (χ4n) is 1.59. The van der Waals surface area contributed by atoms with E-state index in [9.17, 15) is 8.42 Å². The third-order valence-electron chi connectivity index (χ3n) is 2.43. The number of rotatable bonds is 2. The van der Waals surface area contributed by atoms with Gasteiger partial charge in [-0.15, -0.1) is 0 Å². The first-order chi connectivity index (χ1) is 7.62. The Morgan fingerprint density at radius 3 is 2.94 bits per heavy atom. The maximum atomic E-state index is 12.2. The van der Waals surface area contributed by atoms with E-state index in [0.29, 0.717) is 32.7 Å². The van der Waals surface area contributed by atoms with Crippen molar-refractivity contribution in [2.45, 2.75) is 11.3 Å². The number of ether oxygens (including phenoxy) is 1. The molecule has 0 atom stereocenters. The van der Waals surface area contributed by atoms with Crippen LogP contribution in [0.5, 0.6) is 0 Å². The average Bonchev–Trinajstić information content (AvgIpc) is 2.55. The molecule has 3 N–H and O–H groups in total. The average molecular weight is 246 g/mol. The topological polar surface area (TPSA) is 101 Å². The number of hydrogen-bond donors (Lipinski definition) is 2. The molecule has 0 aliphatic carbocycles. The second-order valence-electron chi connectivity index (χ2n) is 3.52. The Balaban J connectivity index is 2.27. The lowest BCUT2D eigenvalue weighted by Gasteiger charge is -2.18. The van der Waals surface area contributed by atoms with E-state index in [2.05, 4.69) is 10.2 Å². The maximum absolute atomic E-state index is 12.2. The van der Waals surface area contributed by atoms with Gasteiger partial charge in [0.1, 0.15) is 10.7 Å². The van der Waals surface area contributed by atoms with Crippen molar-refractivity contribution in [3.63, 3.8) is 0 Å². The van der Waals surface area contributed by atoms with E-state index >= 15 is 0 Å². The molecule has 1 aliphatic heterocycles. The summed E-state index contributed by atoms with van der Waals surface area (Å²) in [6.07, 6.45) is 1.92. The van der Waals surface area contributed by atoms with E-state index < -0.39 is 10.0 Å². The molecular formula is C8H14N4O3S. The Morgan fingerprint density at radius 2 is 2.25 bits per heavy atom. The minimum atomic E-state index is -3.54. The van der Waals surface area contributed by atoms with Gasteiger partial charge in [0.15, 0.2) is 0 Å². The number of sulfonamides is 1. The Hall–Kier alpha value is -1.12. The number of nitrogen functional groups attached to an aromatic ring is 1. The molecular weight excluding hydrogens is 232 g/mol. The summed E-state index contributed by atoms with van der Waals surface area (Å²) in [6, 6.07) is 0. The number of nitrogens with two attached hydrogens (primary N) is 1. The second-order valence-corrected chi connectivity index (χ2v) is 5.42. The van der Waals surface area contributed by atoms with Crippen molar-refractivity contribution < 1.29 is 13.2 Å². The third-order valence-corrected chi connectivity index (χ3v) is 4.36. The molecule has 0 spiro atoms. The van der Waals surface area contributed by atoms with Gasteiger partial charge in [0.25, 0.3) is 0 Å². The zero-order valence-corrected chi connectivity index (χ0v) is 9.53. The molecule has 8 heteroatoms. The molecule has 1 aliphatic rings. The van der Waals surface area contributed by atoms with Gasteiger partial charge in [0.2, 0.25) is 10.0 Å². The largest absolute Gasteiger partial charge is 0.383 e. The number of nitrogens with zero attached hydrogens (tertiary/aromatic N) is 2. The summed E-state index contributed by atoms with van der Waals surface area (Å²) in [4.78, 5) is 0.0365. The molecule has 0 saturated carbocycles. The standard InChI is InChI=1S/C8H14N4O3S/c9-8-7(6-10-11-8)16(13,14)12-2-1-4-15-5-3-12/h6H,1-5H2,(H3,9,10,11). The van der Waals surface area contributed by atoms with Crippen LogP contribution in [0, 0.1) is 0 Å². The predicted molar refractivity (Wildman–Crippen MR) is 57.2 cm³/mol. The molecule has 0 aromatic carbocycles. The number of H-pyrrole nitrogens is 1. The highest BCUT2D eigenvalue weighted by Gasteiger charge is 2.28. The SMILES string of the molecule is Nc1[nH]ncc1S(=O)(=O)N1CCCOCC1. The van der Waals surface area contributed by atoms with Gasteiger partial charge in [-0.25, -0.2) is 8.42 Å². The Morgan fingerprint density at radius 1 is 1.44 bits per heavy atom. The van der Waals surface area contributed by atoms with Crippen molar-refractivity contribution in [3.8, 4) is 0 Å². The van der Waals surface area contributed by atoms with Crippen molar-refractivity contribution in [1.82, 2.24) is 14.5 Å². The summed E-state index contributed by atoms with van der Waals surface area (Å²) < 4.78 is 30.9. The van der Waals surface area contributed by atoms with Crippen LogP contribution in [0.2, 0.25) is 0 Å². The van der Waals surface area contributed by atoms with Crippen LogP contribution in [-0.2, 0) is 14.8 Å². The van der Waals surface area contributed by atoms with Gasteiger partial charge in [-0.3, -0.25) is 5.10 Å². The first kappa shape index (κ1) is 11.4. The quantitative estimate of drug-likeness (QED) is 0.725. The van der Waals surface area contributed by atoms with Gasteiger partial charge >= 0.3 is 0 Å². The molecule has 1 aromatic heterocycles. The summed E-state index contributed by atoms with van der Waals surface area (Å²) >= 11 is 0. The van der Waals surface area contributed by atoms with Crippen LogP contribution in [0.3, 0.4) is 0 Å². The molecule has 0 radical (unpaired) electrons. The molecule has 16 heavy (non-hydrogen) atoms. The Bertz CT molecular complexity index is 448. The lowest BCUT2D eigenvalue weighted by Crippen LogP contribution is -2.33. The fraction of sp³-hybridized carbons (Fsp3) is 0.625. The zero-order valence-electron chi connectivity index (χ0n) is 8.72. The minimum absolute atomic E-state index is 0.0365. The second kappa shape index (κ2) is 4.40. The molecule has 0 unspecified atom stereocenters. The summed E-state index contributed by atoms with van der Waals surface area (Å²) in [5.74, 6) is 0.0742. The van der Waals surface area contributed by atoms with E-state index in [1.54, 1.807) is 0 Å². The van der Waals surface area contributed by atoms with E-state index in [4.69, 9.17) is 10.5 Å². The highest BCUT2D eigenvalue weighted by molar-refractivity contribution is 7.89. The number of aromatic nitrogens is 2. The molecule has 2 heterocycles. The van der Waals surface area contributed by atoms with E-state index in [0.717, 1.165) is 0 Å². The smallest absolute Gasteiger partial charge is 0.248 e. The van der Waals surface area contributed by atoms with Gasteiger partial charge in [0, 0.05) is 19.7 Å². The van der Waals surface area contributed by atoms with Crippen LogP contribution < -0.4 is 5.73 Å². The molecule has 1 fully saturated rings. The van der Waals surface area contributed by atoms with Crippen LogP contribution in [0.1, 0.15) is 6.42 Å². The third kappa shape index (κ3) is 2.04. The normalized spacial score (nSPS) is 19.5. The number of hydrogen-bond acceptors (Lipinski definition) is 5. The van der Waals surface area contributed by atoms with Gasteiger partial charge in [-0.05, 0) is 6.42 Å². The van der Waals surface area contributed by atoms with Gasteiger partial charge in [-0.2, -0.15) is 9.40 Å². The first-order valence-corrected chi connectivity index (χ1v) is 6.43. The summed E-state index contributed by atoms with van der Waals surface area (Å²) in [5.41, 5.74) is 5.52. The van der Waals surface area contributed by atoms with Crippen LogP contribution in [0.15, 0.2) is 11.1 Å². The molecule has 1 aromatic rings. The van der Waals surface area contributed by atoms with E-state index in [1.807, 2.05) is 0 Å². The van der Waals surface area contributed by atoms with Gasteiger partial charge < -0.3 is 10.5 Å². The van der Waals surface area contributed by atoms with Crippen molar-refractivity contribution in [2.24, 2.45) is 0 Å². The Labute approximate surface area is 93.6 Å². The highest BCUT2D eigenvalue weighted by atomic mass is 32.2. The minimum Gasteiger partial charge on any atom is -0.383 e. The monoisotopic (exact) mass is 246 g/mol. The van der Waals surface area contributed by atoms with Crippen molar-refractivity contribution in [1.29, 1.82) is 0 Å². The van der Waals surface area contributed by atoms with Crippen LogP contribution in [-0.4, -0.2) is 49.2 Å². The van der Waals surface area contributed by atoms with Crippen molar-refractivity contribution in [3.05, 3.63) is 6.20 Å². The molecule has 0 bridgehead atoms. The number of anilines is 1. The van der Waals surface area contributed by atoms with Gasteiger partial charge in [0.05, 0.1) is 12.8 Å². The Kier molecular flexibility index (Phi) is 3.13. The number of nitrogens with one attached hydrogen (secondary N) is 1. The predicted octanol–water partition coefficient (Wildman–Crippen LogP) is -0.597. The molecule has 0 amide bonds. The summed E-state index contributed by atoms with van der Waals surface area (Å²) in [6.45, 7) is 1.81. The van der Waals surface area contributed by atoms with E-state index in [-0.39, 0.29) is 10.7 Å². The van der Waals surface area contributed by atoms with Gasteiger partial charge in [-0.1, -0.05) is 0 Å². The molecule has 2 rings (SSSR count). The maximum Gasteiger partial charge on any atom is 0.248 e. The van der Waals surface area contributed by atoms with Crippen molar-refractivity contribution in [2.75, 3.05) is 32.0 Å². The summed E-state index contributed by atoms with van der Waals surface area (Å²) in [5, 5.41) is 6.04. The molecule has 1 saturated heterocycles. The van der Waals surface area contributed by atoms with Crippen LogP contribution in [0.25, 0.3) is 0 Å². The van der Waals surface area contributed by atoms with Crippen molar-refractivity contribution >= 4 is 15.8 Å². The van der Waals surface area contributed by atoms with Crippen LogP contribution >= 0.6 is 0 Å².